The summed E-state index contributed by atoms with van der Waals surface area (Å²) in [4.78, 5) is 12.1. The van der Waals surface area contributed by atoms with E-state index in [4.69, 9.17) is 4.74 Å². The summed E-state index contributed by atoms with van der Waals surface area (Å²) in [5, 5.41) is 9.17. The van der Waals surface area contributed by atoms with Crippen molar-refractivity contribution in [1.29, 1.82) is 0 Å². The predicted octanol–water partition coefficient (Wildman–Crippen LogP) is 4.83. The third-order valence-electron chi connectivity index (χ3n) is 4.10. The van der Waals surface area contributed by atoms with Crippen molar-refractivity contribution in [3.05, 3.63) is 89.6 Å². The summed E-state index contributed by atoms with van der Waals surface area (Å²) in [5.74, 6) is 0.724. The first-order valence-electron chi connectivity index (χ1n) is 9.57. The third-order valence-corrected chi connectivity index (χ3v) is 4.86. The van der Waals surface area contributed by atoms with Gasteiger partial charge in [0.25, 0.3) is 0 Å². The summed E-state index contributed by atoms with van der Waals surface area (Å²) < 4.78 is 7.44. The van der Waals surface area contributed by atoms with Gasteiger partial charge in [-0.05, 0) is 22.6 Å². The molecule has 1 heterocycles. The minimum Gasteiger partial charge on any atom is -0.375 e. The fourth-order valence-electron chi connectivity index (χ4n) is 2.61. The van der Waals surface area contributed by atoms with Crippen LogP contribution >= 0.6 is 11.8 Å². The molecule has 0 unspecified atom stereocenters. The Balaban J connectivity index is 1.29. The van der Waals surface area contributed by atoms with Crippen molar-refractivity contribution >= 4 is 29.4 Å². The number of amides is 1. The maximum Gasteiger partial charge on any atom is 0.225 e. The SMILES string of the molecule is O=C(CCSC=Cc1ccccc1)Nc1cnn(CCOCc2ccccc2)c1. The van der Waals surface area contributed by atoms with E-state index in [0.717, 1.165) is 16.9 Å². The molecule has 3 rings (SSSR count). The molecule has 1 aromatic heterocycles. The Morgan fingerprint density at radius 2 is 1.86 bits per heavy atom. The van der Waals surface area contributed by atoms with Crippen molar-refractivity contribution in [2.45, 2.75) is 19.6 Å². The Hall–Kier alpha value is -2.83. The van der Waals surface area contributed by atoms with Gasteiger partial charge in [0, 0.05) is 18.4 Å². The zero-order valence-electron chi connectivity index (χ0n) is 16.2. The molecule has 0 radical (unpaired) electrons. The minimum absolute atomic E-state index is 0.00881. The van der Waals surface area contributed by atoms with Crippen LogP contribution in [0, 0.1) is 0 Å². The van der Waals surface area contributed by atoms with Crippen LogP contribution in [0.4, 0.5) is 5.69 Å². The number of carbonyl (C=O) groups is 1. The zero-order chi connectivity index (χ0) is 20.2. The molecule has 1 N–H and O–H groups in total. The molecule has 0 spiro atoms. The fraction of sp³-hybridized carbons (Fsp3) is 0.217. The minimum atomic E-state index is -0.00881. The number of ether oxygens (including phenoxy) is 1. The molecule has 0 aliphatic heterocycles. The van der Waals surface area contributed by atoms with Gasteiger partial charge in [0.2, 0.25) is 5.91 Å². The van der Waals surface area contributed by atoms with E-state index in [9.17, 15) is 4.79 Å². The Morgan fingerprint density at radius 1 is 1.10 bits per heavy atom. The van der Waals surface area contributed by atoms with E-state index in [1.54, 1.807) is 22.6 Å². The van der Waals surface area contributed by atoms with Crippen LogP contribution in [0.5, 0.6) is 0 Å². The average molecular weight is 408 g/mol. The second-order valence-corrected chi connectivity index (χ2v) is 7.43. The second kappa shape index (κ2) is 11.9. The van der Waals surface area contributed by atoms with Gasteiger partial charge in [-0.25, -0.2) is 0 Å². The van der Waals surface area contributed by atoms with Crippen molar-refractivity contribution in [3.8, 4) is 0 Å². The van der Waals surface area contributed by atoms with Crippen LogP contribution in [0.15, 0.2) is 78.5 Å². The molecule has 0 bridgehead atoms. The number of nitrogens with zero attached hydrogens (tertiary/aromatic N) is 2. The first-order valence-corrected chi connectivity index (χ1v) is 10.6. The summed E-state index contributed by atoms with van der Waals surface area (Å²) in [6.07, 6.45) is 5.99. The van der Waals surface area contributed by atoms with Crippen molar-refractivity contribution in [3.63, 3.8) is 0 Å². The lowest BCUT2D eigenvalue weighted by Gasteiger charge is -2.04. The number of rotatable bonds is 11. The maximum absolute atomic E-state index is 12.1. The predicted molar refractivity (Wildman–Crippen MR) is 120 cm³/mol. The number of hydrogen-bond donors (Lipinski definition) is 1. The lowest BCUT2D eigenvalue weighted by Crippen LogP contribution is -2.11. The van der Waals surface area contributed by atoms with Crippen LogP contribution in [-0.2, 0) is 22.7 Å². The van der Waals surface area contributed by atoms with Crippen molar-refractivity contribution in [2.24, 2.45) is 0 Å². The van der Waals surface area contributed by atoms with Crippen LogP contribution in [0.3, 0.4) is 0 Å². The first-order chi connectivity index (χ1) is 14.3. The highest BCUT2D eigenvalue weighted by molar-refractivity contribution is 8.02. The van der Waals surface area contributed by atoms with Gasteiger partial charge in [0.05, 0.1) is 31.6 Å². The topological polar surface area (TPSA) is 56.2 Å². The van der Waals surface area contributed by atoms with E-state index >= 15 is 0 Å². The van der Waals surface area contributed by atoms with Gasteiger partial charge in [-0.15, -0.1) is 11.8 Å². The van der Waals surface area contributed by atoms with Gasteiger partial charge < -0.3 is 10.1 Å². The molecule has 0 fully saturated rings. The van der Waals surface area contributed by atoms with Crippen LogP contribution < -0.4 is 5.32 Å². The Bertz CT molecular complexity index is 895. The van der Waals surface area contributed by atoms with E-state index < -0.39 is 0 Å². The number of carbonyl (C=O) groups excluding carboxylic acids is 1. The van der Waals surface area contributed by atoms with Gasteiger partial charge in [0.15, 0.2) is 0 Å². The molecule has 0 atom stereocenters. The van der Waals surface area contributed by atoms with Gasteiger partial charge in [-0.1, -0.05) is 60.7 Å². The zero-order valence-corrected chi connectivity index (χ0v) is 17.1. The Labute approximate surface area is 175 Å². The van der Waals surface area contributed by atoms with E-state index in [1.807, 2.05) is 78.3 Å². The number of hydrogen-bond acceptors (Lipinski definition) is 4. The fourth-order valence-corrected chi connectivity index (χ4v) is 3.30. The quantitative estimate of drug-likeness (QED) is 0.463. The largest absolute Gasteiger partial charge is 0.375 e. The number of thioether (sulfide) groups is 1. The van der Waals surface area contributed by atoms with E-state index in [-0.39, 0.29) is 5.91 Å². The molecule has 29 heavy (non-hydrogen) atoms. The van der Waals surface area contributed by atoms with E-state index in [2.05, 4.69) is 10.4 Å². The van der Waals surface area contributed by atoms with Crippen molar-refractivity contribution < 1.29 is 9.53 Å². The van der Waals surface area contributed by atoms with Crippen LogP contribution in [0.2, 0.25) is 0 Å². The van der Waals surface area contributed by atoms with Crippen molar-refractivity contribution in [2.75, 3.05) is 17.7 Å². The lowest BCUT2D eigenvalue weighted by molar-refractivity contribution is -0.115. The maximum atomic E-state index is 12.1. The third kappa shape index (κ3) is 7.97. The van der Waals surface area contributed by atoms with Crippen LogP contribution in [0.25, 0.3) is 6.08 Å². The molecule has 2 aromatic carbocycles. The van der Waals surface area contributed by atoms with Crippen molar-refractivity contribution in [1.82, 2.24) is 9.78 Å². The molecular weight excluding hydrogens is 382 g/mol. The van der Waals surface area contributed by atoms with Gasteiger partial charge in [-0.2, -0.15) is 5.10 Å². The summed E-state index contributed by atoms with van der Waals surface area (Å²) in [7, 11) is 0. The molecule has 0 saturated carbocycles. The van der Waals surface area contributed by atoms with E-state index in [0.29, 0.717) is 31.9 Å². The van der Waals surface area contributed by atoms with E-state index in [1.165, 1.54) is 0 Å². The molecule has 6 heteroatoms. The Morgan fingerprint density at radius 3 is 2.66 bits per heavy atom. The highest BCUT2D eigenvalue weighted by Gasteiger charge is 2.04. The number of benzene rings is 2. The molecule has 0 aliphatic rings. The molecule has 150 valence electrons. The highest BCUT2D eigenvalue weighted by Crippen LogP contribution is 2.11. The molecular formula is C23H25N3O2S. The smallest absolute Gasteiger partial charge is 0.225 e. The normalized spacial score (nSPS) is 11.0. The van der Waals surface area contributed by atoms with Crippen LogP contribution in [0.1, 0.15) is 17.5 Å². The first kappa shape index (κ1) is 20.9. The number of nitrogens with one attached hydrogen (secondary N) is 1. The number of aromatic nitrogens is 2. The molecule has 5 nitrogen and oxygen atoms in total. The molecule has 0 aliphatic carbocycles. The molecule has 1 amide bonds. The standard InChI is InChI=1S/C23H25N3O2S/c27-23(12-16-29-15-11-20-7-3-1-4-8-20)25-22-17-24-26(18-22)13-14-28-19-21-9-5-2-6-10-21/h1-11,15,17-18H,12-14,16,19H2,(H,25,27). The van der Waals surface area contributed by atoms with Gasteiger partial charge >= 0.3 is 0 Å². The summed E-state index contributed by atoms with van der Waals surface area (Å²) >= 11 is 1.63. The average Bonchev–Trinajstić information content (AvgIpc) is 3.19. The summed E-state index contributed by atoms with van der Waals surface area (Å²) in [6, 6.07) is 20.2. The second-order valence-electron chi connectivity index (χ2n) is 6.41. The molecule has 0 saturated heterocycles. The van der Waals surface area contributed by atoms with Gasteiger partial charge in [-0.3, -0.25) is 9.48 Å². The number of anilines is 1. The molecule has 3 aromatic rings. The van der Waals surface area contributed by atoms with Crippen LogP contribution in [-0.4, -0.2) is 28.0 Å². The summed E-state index contributed by atoms with van der Waals surface area (Å²) in [5.41, 5.74) is 3.02. The highest BCUT2D eigenvalue weighted by atomic mass is 32.2. The monoisotopic (exact) mass is 407 g/mol. The Kier molecular flexibility index (Phi) is 8.56. The lowest BCUT2D eigenvalue weighted by atomic mass is 10.2. The van der Waals surface area contributed by atoms with Gasteiger partial charge in [0.1, 0.15) is 0 Å². The summed E-state index contributed by atoms with van der Waals surface area (Å²) in [6.45, 7) is 1.79.